The average Bonchev–Trinajstić information content (AvgIpc) is 2.83. The minimum atomic E-state index is -3.06. The second kappa shape index (κ2) is 7.45. The van der Waals surface area contributed by atoms with Crippen molar-refractivity contribution in [3.63, 3.8) is 0 Å². The number of hydrogen-bond acceptors (Lipinski definition) is 6. The minimum absolute atomic E-state index is 0.0664. The van der Waals surface area contributed by atoms with Gasteiger partial charge in [0.2, 0.25) is 0 Å². The van der Waals surface area contributed by atoms with Gasteiger partial charge in [-0.25, -0.2) is 13.2 Å². The van der Waals surface area contributed by atoms with E-state index >= 15 is 0 Å². The van der Waals surface area contributed by atoms with Gasteiger partial charge in [-0.05, 0) is 25.0 Å². The second-order valence-electron chi connectivity index (χ2n) is 5.38. The molecular formula is C15H19NO6S. The molecule has 0 spiro atoms. The maximum atomic E-state index is 11.6. The number of ether oxygens (including phenoxy) is 2. The number of amides is 1. The first-order chi connectivity index (χ1) is 10.9. The summed E-state index contributed by atoms with van der Waals surface area (Å²) >= 11 is 0. The summed E-state index contributed by atoms with van der Waals surface area (Å²) in [5, 5.41) is 2.54. The molecule has 0 saturated carbocycles. The fraction of sp³-hybridized carbons (Fsp3) is 0.467. The number of nitrogens with one attached hydrogen (secondary N) is 1. The maximum absolute atomic E-state index is 11.6. The van der Waals surface area contributed by atoms with Gasteiger partial charge in [0.25, 0.3) is 5.91 Å². The van der Waals surface area contributed by atoms with E-state index in [1.165, 1.54) is 0 Å². The van der Waals surface area contributed by atoms with Crippen molar-refractivity contribution in [3.05, 3.63) is 29.8 Å². The van der Waals surface area contributed by atoms with E-state index in [1.807, 2.05) is 19.1 Å². The van der Waals surface area contributed by atoms with Crippen LogP contribution in [-0.2, 0) is 24.2 Å². The lowest BCUT2D eigenvalue weighted by Gasteiger charge is -2.11. The van der Waals surface area contributed by atoms with Crippen LogP contribution >= 0.6 is 0 Å². The molecule has 1 N–H and O–H groups in total. The topological polar surface area (TPSA) is 98.8 Å². The zero-order chi connectivity index (χ0) is 16.9. The van der Waals surface area contributed by atoms with E-state index in [0.717, 1.165) is 5.56 Å². The van der Waals surface area contributed by atoms with Crippen molar-refractivity contribution in [2.24, 2.45) is 0 Å². The first-order valence-corrected chi connectivity index (χ1v) is 9.02. The Morgan fingerprint density at radius 3 is 2.65 bits per heavy atom. The number of hydrogen-bond donors (Lipinski definition) is 1. The van der Waals surface area contributed by atoms with E-state index in [-0.39, 0.29) is 18.1 Å². The smallest absolute Gasteiger partial charge is 0.344 e. The van der Waals surface area contributed by atoms with Gasteiger partial charge in [-0.15, -0.1) is 0 Å². The standard InChI is InChI=1S/C15H19NO6S/c1-11-4-2-3-5-13(11)21-9-15(18)22-8-14(17)16-12-6-7-23(19,20)10-12/h2-5,12H,6-10H2,1H3,(H,16,17)/t12-/m1/s1. The molecule has 0 bridgehead atoms. The van der Waals surface area contributed by atoms with Gasteiger partial charge in [0.1, 0.15) is 5.75 Å². The predicted octanol–water partition coefficient (Wildman–Crippen LogP) is 0.220. The summed E-state index contributed by atoms with van der Waals surface area (Å²) in [4.78, 5) is 23.2. The van der Waals surface area contributed by atoms with E-state index in [2.05, 4.69) is 5.32 Å². The van der Waals surface area contributed by atoms with Gasteiger partial charge in [-0.2, -0.15) is 0 Å². The summed E-state index contributed by atoms with van der Waals surface area (Å²) in [5.74, 6) is -0.603. The van der Waals surface area contributed by atoms with Crippen LogP contribution in [0.4, 0.5) is 0 Å². The molecule has 0 aromatic heterocycles. The molecule has 0 aliphatic carbocycles. The molecule has 1 aliphatic rings. The van der Waals surface area contributed by atoms with Gasteiger partial charge in [-0.3, -0.25) is 4.79 Å². The molecule has 1 fully saturated rings. The van der Waals surface area contributed by atoms with E-state index in [0.29, 0.717) is 12.2 Å². The number of para-hydroxylation sites is 1. The summed E-state index contributed by atoms with van der Waals surface area (Å²) in [6, 6.07) is 6.82. The third kappa shape index (κ3) is 5.55. The molecule has 8 heteroatoms. The molecule has 1 heterocycles. The molecular weight excluding hydrogens is 322 g/mol. The van der Waals surface area contributed by atoms with Crippen molar-refractivity contribution in [1.82, 2.24) is 5.32 Å². The van der Waals surface area contributed by atoms with Crippen molar-refractivity contribution in [3.8, 4) is 5.75 Å². The lowest BCUT2D eigenvalue weighted by molar-refractivity contribution is -0.150. The van der Waals surface area contributed by atoms with Gasteiger partial charge in [0, 0.05) is 6.04 Å². The van der Waals surface area contributed by atoms with Crippen molar-refractivity contribution in [2.75, 3.05) is 24.7 Å². The van der Waals surface area contributed by atoms with E-state index in [1.54, 1.807) is 12.1 Å². The third-order valence-electron chi connectivity index (χ3n) is 3.40. The van der Waals surface area contributed by atoms with Crippen molar-refractivity contribution < 1.29 is 27.5 Å². The molecule has 1 aromatic rings. The highest BCUT2D eigenvalue weighted by Gasteiger charge is 2.29. The van der Waals surface area contributed by atoms with Gasteiger partial charge in [0.15, 0.2) is 23.1 Å². The quantitative estimate of drug-likeness (QED) is 0.743. The zero-order valence-electron chi connectivity index (χ0n) is 12.8. The number of carbonyl (C=O) groups is 2. The molecule has 0 radical (unpaired) electrons. The summed E-state index contributed by atoms with van der Waals surface area (Å²) in [6.45, 7) is 1.10. The Morgan fingerprint density at radius 1 is 1.26 bits per heavy atom. The summed E-state index contributed by atoms with van der Waals surface area (Å²) in [5.41, 5.74) is 0.889. The molecule has 1 atom stereocenters. The summed E-state index contributed by atoms with van der Waals surface area (Å²) < 4.78 is 32.7. The van der Waals surface area contributed by atoms with Crippen LogP contribution in [0.1, 0.15) is 12.0 Å². The number of rotatable bonds is 6. The number of benzene rings is 1. The largest absolute Gasteiger partial charge is 0.482 e. The van der Waals surface area contributed by atoms with Crippen LogP contribution < -0.4 is 10.1 Å². The molecule has 1 aromatic carbocycles. The Hall–Kier alpha value is -2.09. The fourth-order valence-electron chi connectivity index (χ4n) is 2.22. The van der Waals surface area contributed by atoms with E-state index in [4.69, 9.17) is 9.47 Å². The number of esters is 1. The Kier molecular flexibility index (Phi) is 5.59. The molecule has 1 amide bonds. The summed E-state index contributed by atoms with van der Waals surface area (Å²) in [7, 11) is -3.06. The SMILES string of the molecule is Cc1ccccc1OCC(=O)OCC(=O)N[C@@H]1CCS(=O)(=O)C1. The van der Waals surface area contributed by atoms with Crippen LogP contribution in [0, 0.1) is 6.92 Å². The summed E-state index contributed by atoms with van der Waals surface area (Å²) in [6.07, 6.45) is 0.387. The monoisotopic (exact) mass is 341 g/mol. The Morgan fingerprint density at radius 2 is 2.00 bits per heavy atom. The lowest BCUT2D eigenvalue weighted by atomic mass is 10.2. The Balaban J connectivity index is 1.68. The number of sulfone groups is 1. The van der Waals surface area contributed by atoms with Gasteiger partial charge < -0.3 is 14.8 Å². The Bertz CT molecular complexity index is 685. The molecule has 2 rings (SSSR count). The zero-order valence-corrected chi connectivity index (χ0v) is 13.6. The number of aryl methyl sites for hydroxylation is 1. The fourth-order valence-corrected chi connectivity index (χ4v) is 3.89. The van der Waals surface area contributed by atoms with Crippen molar-refractivity contribution in [2.45, 2.75) is 19.4 Å². The van der Waals surface area contributed by atoms with Crippen LogP contribution in [0.3, 0.4) is 0 Å². The second-order valence-corrected chi connectivity index (χ2v) is 7.61. The normalized spacial score (nSPS) is 19.1. The Labute approximate surface area is 134 Å². The van der Waals surface area contributed by atoms with Gasteiger partial charge in [0.05, 0.1) is 11.5 Å². The van der Waals surface area contributed by atoms with Crippen LogP contribution in [0.2, 0.25) is 0 Å². The van der Waals surface area contributed by atoms with Crippen LogP contribution in [0.25, 0.3) is 0 Å². The molecule has 0 unspecified atom stereocenters. The molecule has 1 aliphatic heterocycles. The number of carbonyl (C=O) groups excluding carboxylic acids is 2. The highest BCUT2D eigenvalue weighted by molar-refractivity contribution is 7.91. The van der Waals surface area contributed by atoms with Gasteiger partial charge >= 0.3 is 5.97 Å². The van der Waals surface area contributed by atoms with Crippen LogP contribution in [0.5, 0.6) is 5.75 Å². The molecule has 7 nitrogen and oxygen atoms in total. The van der Waals surface area contributed by atoms with E-state index in [9.17, 15) is 18.0 Å². The van der Waals surface area contributed by atoms with Crippen LogP contribution in [0.15, 0.2) is 24.3 Å². The van der Waals surface area contributed by atoms with Gasteiger partial charge in [-0.1, -0.05) is 18.2 Å². The highest BCUT2D eigenvalue weighted by Crippen LogP contribution is 2.15. The highest BCUT2D eigenvalue weighted by atomic mass is 32.2. The predicted molar refractivity (Wildman–Crippen MR) is 82.8 cm³/mol. The molecule has 1 saturated heterocycles. The van der Waals surface area contributed by atoms with Crippen molar-refractivity contribution in [1.29, 1.82) is 0 Å². The van der Waals surface area contributed by atoms with E-state index < -0.39 is 34.4 Å². The minimum Gasteiger partial charge on any atom is -0.482 e. The lowest BCUT2D eigenvalue weighted by Crippen LogP contribution is -2.38. The third-order valence-corrected chi connectivity index (χ3v) is 5.17. The maximum Gasteiger partial charge on any atom is 0.344 e. The first kappa shape index (κ1) is 17.3. The average molecular weight is 341 g/mol. The molecule has 23 heavy (non-hydrogen) atoms. The van der Waals surface area contributed by atoms with Crippen molar-refractivity contribution >= 4 is 21.7 Å². The molecule has 126 valence electrons. The van der Waals surface area contributed by atoms with Crippen LogP contribution in [-0.4, -0.2) is 51.1 Å². The first-order valence-electron chi connectivity index (χ1n) is 7.19.